The van der Waals surface area contributed by atoms with Crippen molar-refractivity contribution in [2.45, 2.75) is 0 Å². The fourth-order valence-corrected chi connectivity index (χ4v) is 3.23. The molecule has 22 heavy (non-hydrogen) atoms. The Morgan fingerprint density at radius 3 is 2.86 bits per heavy atom. The molecule has 5 nitrogen and oxygen atoms in total. The van der Waals surface area contributed by atoms with Gasteiger partial charge < -0.3 is 10.3 Å². The molecule has 0 bridgehead atoms. The van der Waals surface area contributed by atoms with Crippen molar-refractivity contribution in [1.29, 1.82) is 0 Å². The molecule has 2 aromatic heterocycles. The van der Waals surface area contributed by atoms with Gasteiger partial charge in [0.25, 0.3) is 5.56 Å². The van der Waals surface area contributed by atoms with Crippen molar-refractivity contribution >= 4 is 54.7 Å². The monoisotopic (exact) mass is 420 g/mol. The van der Waals surface area contributed by atoms with Crippen molar-refractivity contribution in [2.24, 2.45) is 0 Å². The van der Waals surface area contributed by atoms with Crippen LogP contribution in [0.3, 0.4) is 0 Å². The Labute approximate surface area is 142 Å². The lowest BCUT2D eigenvalue weighted by molar-refractivity contribution is 1.13. The molecule has 2 N–H and O–H groups in total. The van der Waals surface area contributed by atoms with E-state index in [1.807, 2.05) is 24.3 Å². The number of pyridine rings is 1. The minimum absolute atomic E-state index is 0.190. The SMILES string of the molecule is O=c1[nH]c(/C=C/Nc2ccccn2)nc2c(Br)cc(Br)cc12. The van der Waals surface area contributed by atoms with Gasteiger partial charge in [0, 0.05) is 21.3 Å². The van der Waals surface area contributed by atoms with Gasteiger partial charge in [-0.15, -0.1) is 0 Å². The molecule has 0 aliphatic rings. The number of nitrogens with zero attached hydrogens (tertiary/aromatic N) is 2. The predicted molar refractivity (Wildman–Crippen MR) is 94.7 cm³/mol. The van der Waals surface area contributed by atoms with E-state index in [9.17, 15) is 4.79 Å². The zero-order valence-electron chi connectivity index (χ0n) is 11.2. The third kappa shape index (κ3) is 3.26. The van der Waals surface area contributed by atoms with E-state index in [1.165, 1.54) is 0 Å². The lowest BCUT2D eigenvalue weighted by Crippen LogP contribution is -2.10. The molecule has 0 aliphatic heterocycles. The van der Waals surface area contributed by atoms with Crippen LogP contribution in [0, 0.1) is 0 Å². The molecule has 3 aromatic rings. The first kappa shape index (κ1) is 14.9. The van der Waals surface area contributed by atoms with Gasteiger partial charge in [-0.2, -0.15) is 0 Å². The highest BCUT2D eigenvalue weighted by atomic mass is 79.9. The highest BCUT2D eigenvalue weighted by Gasteiger charge is 2.07. The number of nitrogens with one attached hydrogen (secondary N) is 2. The highest BCUT2D eigenvalue weighted by molar-refractivity contribution is 9.11. The number of benzene rings is 1. The molecule has 0 spiro atoms. The summed E-state index contributed by atoms with van der Waals surface area (Å²) >= 11 is 6.79. The Hall–Kier alpha value is -1.99. The van der Waals surface area contributed by atoms with Crippen molar-refractivity contribution in [1.82, 2.24) is 15.0 Å². The van der Waals surface area contributed by atoms with Gasteiger partial charge in [-0.25, -0.2) is 9.97 Å². The average Bonchev–Trinajstić information content (AvgIpc) is 2.50. The van der Waals surface area contributed by atoms with Crippen LogP contribution in [-0.4, -0.2) is 15.0 Å². The summed E-state index contributed by atoms with van der Waals surface area (Å²) in [6, 6.07) is 9.16. The summed E-state index contributed by atoms with van der Waals surface area (Å²) in [7, 11) is 0. The van der Waals surface area contributed by atoms with Crippen LogP contribution < -0.4 is 10.9 Å². The van der Waals surface area contributed by atoms with Gasteiger partial charge in [0.05, 0.1) is 10.9 Å². The Kier molecular flexibility index (Phi) is 4.35. The number of H-pyrrole nitrogens is 1. The van der Waals surface area contributed by atoms with Gasteiger partial charge in [-0.3, -0.25) is 4.79 Å². The number of halogens is 2. The second-order valence-corrected chi connectivity index (χ2v) is 6.20. The van der Waals surface area contributed by atoms with Crippen LogP contribution in [0.5, 0.6) is 0 Å². The summed E-state index contributed by atoms with van der Waals surface area (Å²) in [6.07, 6.45) is 5.06. The molecule has 0 aliphatic carbocycles. The fourth-order valence-electron chi connectivity index (χ4n) is 1.92. The van der Waals surface area contributed by atoms with E-state index in [1.54, 1.807) is 24.5 Å². The van der Waals surface area contributed by atoms with E-state index in [4.69, 9.17) is 0 Å². The summed E-state index contributed by atoms with van der Waals surface area (Å²) in [5.74, 6) is 1.18. The van der Waals surface area contributed by atoms with E-state index >= 15 is 0 Å². The second-order valence-electron chi connectivity index (χ2n) is 4.43. The maximum Gasteiger partial charge on any atom is 0.259 e. The quantitative estimate of drug-likeness (QED) is 0.672. The topological polar surface area (TPSA) is 70.7 Å². The molecule has 0 unspecified atom stereocenters. The van der Waals surface area contributed by atoms with Crippen molar-refractivity contribution < 1.29 is 0 Å². The Bertz CT molecular complexity index is 907. The van der Waals surface area contributed by atoms with Crippen LogP contribution in [0.1, 0.15) is 5.82 Å². The van der Waals surface area contributed by atoms with Crippen LogP contribution >= 0.6 is 31.9 Å². The smallest absolute Gasteiger partial charge is 0.259 e. The van der Waals surface area contributed by atoms with Gasteiger partial charge in [0.15, 0.2) is 0 Å². The minimum Gasteiger partial charge on any atom is -0.347 e. The fraction of sp³-hybridized carbons (Fsp3) is 0. The van der Waals surface area contributed by atoms with Crippen LogP contribution in [0.15, 0.2) is 56.5 Å². The third-order valence-electron chi connectivity index (χ3n) is 2.88. The number of rotatable bonds is 3. The van der Waals surface area contributed by atoms with Crippen molar-refractivity contribution in [3.8, 4) is 0 Å². The first-order valence-corrected chi connectivity index (χ1v) is 7.95. The van der Waals surface area contributed by atoms with E-state index in [0.29, 0.717) is 22.5 Å². The Morgan fingerprint density at radius 2 is 2.09 bits per heavy atom. The Balaban J connectivity index is 1.93. The standard InChI is InChI=1S/C15H10Br2N4O/c16-9-7-10-14(11(17)8-9)20-13(21-15(10)22)4-6-19-12-3-1-2-5-18-12/h1-8H,(H,18,19)(H,20,21,22)/b6-4+. The summed E-state index contributed by atoms with van der Waals surface area (Å²) in [6.45, 7) is 0. The number of anilines is 1. The van der Waals surface area contributed by atoms with Gasteiger partial charge in [0.1, 0.15) is 11.6 Å². The highest BCUT2D eigenvalue weighted by Crippen LogP contribution is 2.25. The van der Waals surface area contributed by atoms with Crippen LogP contribution in [0.25, 0.3) is 17.0 Å². The van der Waals surface area contributed by atoms with Crippen molar-refractivity contribution in [3.63, 3.8) is 0 Å². The zero-order chi connectivity index (χ0) is 15.5. The first-order valence-electron chi connectivity index (χ1n) is 6.37. The summed E-state index contributed by atoms with van der Waals surface area (Å²) < 4.78 is 1.58. The minimum atomic E-state index is -0.190. The lowest BCUT2D eigenvalue weighted by atomic mass is 10.2. The van der Waals surface area contributed by atoms with Gasteiger partial charge in [-0.05, 0) is 46.3 Å². The molecule has 0 saturated carbocycles. The molecule has 7 heteroatoms. The average molecular weight is 422 g/mol. The number of aromatic amines is 1. The van der Waals surface area contributed by atoms with Crippen molar-refractivity contribution in [3.05, 3.63) is 67.9 Å². The number of hydrogen-bond donors (Lipinski definition) is 2. The maximum absolute atomic E-state index is 12.1. The van der Waals surface area contributed by atoms with Gasteiger partial charge in [-0.1, -0.05) is 22.0 Å². The summed E-state index contributed by atoms with van der Waals surface area (Å²) in [4.78, 5) is 23.4. The molecular formula is C15H10Br2N4O. The normalized spacial score (nSPS) is 11.2. The largest absolute Gasteiger partial charge is 0.347 e. The number of aromatic nitrogens is 3. The van der Waals surface area contributed by atoms with Crippen LogP contribution in [0.2, 0.25) is 0 Å². The molecule has 3 rings (SSSR count). The van der Waals surface area contributed by atoms with Gasteiger partial charge >= 0.3 is 0 Å². The molecule has 110 valence electrons. The molecule has 1 aromatic carbocycles. The molecule has 0 saturated heterocycles. The van der Waals surface area contributed by atoms with E-state index in [2.05, 4.69) is 52.1 Å². The van der Waals surface area contributed by atoms with Crippen LogP contribution in [-0.2, 0) is 0 Å². The summed E-state index contributed by atoms with van der Waals surface area (Å²) in [5.41, 5.74) is 0.425. The number of fused-ring (bicyclic) bond motifs is 1. The Morgan fingerprint density at radius 1 is 1.23 bits per heavy atom. The van der Waals surface area contributed by atoms with Crippen molar-refractivity contribution in [2.75, 3.05) is 5.32 Å². The molecule has 0 radical (unpaired) electrons. The first-order chi connectivity index (χ1) is 10.6. The second kappa shape index (κ2) is 6.41. The summed E-state index contributed by atoms with van der Waals surface area (Å²) in [5, 5.41) is 3.54. The van der Waals surface area contributed by atoms with E-state index in [-0.39, 0.29) is 5.56 Å². The molecule has 0 atom stereocenters. The molecule has 2 heterocycles. The van der Waals surface area contributed by atoms with E-state index in [0.717, 1.165) is 8.95 Å². The third-order valence-corrected chi connectivity index (χ3v) is 3.95. The zero-order valence-corrected chi connectivity index (χ0v) is 14.3. The molecule has 0 amide bonds. The van der Waals surface area contributed by atoms with Crippen LogP contribution in [0.4, 0.5) is 5.82 Å². The number of hydrogen-bond acceptors (Lipinski definition) is 4. The van der Waals surface area contributed by atoms with E-state index < -0.39 is 0 Å². The van der Waals surface area contributed by atoms with Gasteiger partial charge in [0.2, 0.25) is 0 Å². The predicted octanol–water partition coefficient (Wildman–Crippen LogP) is 3.93. The maximum atomic E-state index is 12.1. The lowest BCUT2D eigenvalue weighted by Gasteiger charge is -2.03. The molecular weight excluding hydrogens is 412 g/mol. The molecule has 0 fully saturated rings.